The zero-order valence-corrected chi connectivity index (χ0v) is 14.2. The lowest BCUT2D eigenvalue weighted by molar-refractivity contribution is -0.122. The zero-order chi connectivity index (χ0) is 18.7. The van der Waals surface area contributed by atoms with E-state index in [1.807, 2.05) is 6.07 Å². The van der Waals surface area contributed by atoms with Crippen molar-refractivity contribution in [1.82, 2.24) is 0 Å². The van der Waals surface area contributed by atoms with E-state index >= 15 is 0 Å². The number of benzene rings is 2. The smallest absolute Gasteiger partial charge is 0.228 e. The second-order valence-electron chi connectivity index (χ2n) is 6.25. The number of carbonyl (C=O) groups excluding carboxylic acids is 3. The third-order valence-corrected chi connectivity index (χ3v) is 4.30. The van der Waals surface area contributed by atoms with E-state index in [4.69, 9.17) is 5.26 Å². The van der Waals surface area contributed by atoms with Crippen molar-refractivity contribution >= 4 is 29.0 Å². The molecule has 2 aromatic carbocycles. The van der Waals surface area contributed by atoms with Crippen LogP contribution >= 0.6 is 0 Å². The van der Waals surface area contributed by atoms with Gasteiger partial charge in [0.1, 0.15) is 0 Å². The summed E-state index contributed by atoms with van der Waals surface area (Å²) in [6, 6.07) is 15.2. The van der Waals surface area contributed by atoms with E-state index in [1.54, 1.807) is 48.5 Å². The van der Waals surface area contributed by atoms with Crippen molar-refractivity contribution in [2.75, 3.05) is 10.6 Å². The molecule has 3 rings (SSSR count). The van der Waals surface area contributed by atoms with Gasteiger partial charge in [-0.3, -0.25) is 14.4 Å². The normalized spacial score (nSPS) is 17.7. The molecule has 6 heteroatoms. The van der Waals surface area contributed by atoms with E-state index in [0.29, 0.717) is 28.9 Å². The van der Waals surface area contributed by atoms with Gasteiger partial charge in [0.25, 0.3) is 0 Å². The number of ketones is 1. The van der Waals surface area contributed by atoms with Crippen LogP contribution < -0.4 is 10.6 Å². The molecule has 0 radical (unpaired) electrons. The third kappa shape index (κ3) is 3.95. The largest absolute Gasteiger partial charge is 0.326 e. The van der Waals surface area contributed by atoms with Crippen LogP contribution in [-0.2, 0) is 9.59 Å². The molecule has 2 amide bonds. The van der Waals surface area contributed by atoms with E-state index in [1.165, 1.54) is 6.92 Å². The summed E-state index contributed by atoms with van der Waals surface area (Å²) < 4.78 is 0. The van der Waals surface area contributed by atoms with Crippen LogP contribution in [-0.4, -0.2) is 17.6 Å². The van der Waals surface area contributed by atoms with Crippen LogP contribution in [0.2, 0.25) is 0 Å². The molecule has 2 atom stereocenters. The van der Waals surface area contributed by atoms with E-state index in [0.717, 1.165) is 0 Å². The molecule has 2 unspecified atom stereocenters. The number of nitrogens with zero attached hydrogens (tertiary/aromatic N) is 1. The van der Waals surface area contributed by atoms with Crippen molar-refractivity contribution in [3.63, 3.8) is 0 Å². The summed E-state index contributed by atoms with van der Waals surface area (Å²) >= 11 is 0. The molecule has 0 aliphatic heterocycles. The van der Waals surface area contributed by atoms with Crippen LogP contribution in [0.1, 0.15) is 29.3 Å². The summed E-state index contributed by atoms with van der Waals surface area (Å²) in [7, 11) is 0. The number of Topliss-reactive ketones (excluding diaryl/α,β-unsaturated/α-hetero) is 1. The molecule has 0 saturated heterocycles. The minimum atomic E-state index is -0.360. The quantitative estimate of drug-likeness (QED) is 0.812. The highest BCUT2D eigenvalue weighted by Crippen LogP contribution is 2.40. The van der Waals surface area contributed by atoms with Crippen LogP contribution in [0.15, 0.2) is 48.5 Å². The second kappa shape index (κ2) is 7.19. The minimum absolute atomic E-state index is 0.0374. The Morgan fingerprint density at radius 1 is 0.885 bits per heavy atom. The maximum Gasteiger partial charge on any atom is 0.228 e. The molecular weight excluding hydrogens is 330 g/mol. The van der Waals surface area contributed by atoms with Crippen LogP contribution in [0.3, 0.4) is 0 Å². The van der Waals surface area contributed by atoms with Gasteiger partial charge in [0, 0.05) is 16.9 Å². The number of amides is 2. The summed E-state index contributed by atoms with van der Waals surface area (Å²) in [4.78, 5) is 35.7. The van der Waals surface area contributed by atoms with Crippen molar-refractivity contribution in [1.29, 1.82) is 5.26 Å². The predicted octanol–water partition coefficient (Wildman–Crippen LogP) is 2.97. The van der Waals surface area contributed by atoms with Gasteiger partial charge in [-0.2, -0.15) is 5.26 Å². The lowest BCUT2D eigenvalue weighted by Gasteiger charge is -2.07. The van der Waals surface area contributed by atoms with Gasteiger partial charge in [-0.15, -0.1) is 0 Å². The average Bonchev–Trinajstić information content (AvgIpc) is 3.44. The fourth-order valence-electron chi connectivity index (χ4n) is 2.66. The van der Waals surface area contributed by atoms with Gasteiger partial charge >= 0.3 is 0 Å². The number of nitriles is 1. The first-order chi connectivity index (χ1) is 12.5. The maximum absolute atomic E-state index is 12.3. The molecule has 0 heterocycles. The summed E-state index contributed by atoms with van der Waals surface area (Å²) in [6.45, 7) is 1.48. The molecular formula is C20H17N3O3. The summed E-state index contributed by atoms with van der Waals surface area (Å²) in [6.07, 6.45) is 0.499. The van der Waals surface area contributed by atoms with Crippen molar-refractivity contribution < 1.29 is 14.4 Å². The van der Waals surface area contributed by atoms with Crippen LogP contribution in [0.4, 0.5) is 11.4 Å². The Morgan fingerprint density at radius 3 is 1.77 bits per heavy atom. The predicted molar refractivity (Wildman–Crippen MR) is 96.5 cm³/mol. The first-order valence-corrected chi connectivity index (χ1v) is 8.21. The molecule has 2 N–H and O–H groups in total. The molecule has 0 spiro atoms. The number of hydrogen-bond donors (Lipinski definition) is 2. The monoisotopic (exact) mass is 347 g/mol. The van der Waals surface area contributed by atoms with Crippen molar-refractivity contribution in [3.8, 4) is 6.07 Å². The molecule has 0 bridgehead atoms. The van der Waals surface area contributed by atoms with Crippen molar-refractivity contribution in [2.45, 2.75) is 13.3 Å². The Hall–Kier alpha value is -3.46. The molecule has 1 aliphatic carbocycles. The summed E-state index contributed by atoms with van der Waals surface area (Å²) in [5, 5.41) is 14.3. The standard InChI is InChI=1S/C20H17N3O3/c1-12(24)14-4-8-16(9-5-14)23-20(26)18-10-17(18)19(25)22-15-6-2-13(11-21)3-7-15/h2-9,17-18H,10H2,1H3,(H,22,25)(H,23,26). The van der Waals surface area contributed by atoms with Crippen LogP contribution in [0.25, 0.3) is 0 Å². The highest BCUT2D eigenvalue weighted by atomic mass is 16.2. The third-order valence-electron chi connectivity index (χ3n) is 4.30. The Labute approximate surface area is 150 Å². The number of anilines is 2. The topological polar surface area (TPSA) is 99.1 Å². The molecule has 1 fully saturated rings. The fourth-order valence-corrected chi connectivity index (χ4v) is 2.66. The number of rotatable bonds is 5. The highest BCUT2D eigenvalue weighted by Gasteiger charge is 2.48. The summed E-state index contributed by atoms with van der Waals surface area (Å²) in [5.74, 6) is -1.17. The van der Waals surface area contributed by atoms with Gasteiger partial charge in [-0.25, -0.2) is 0 Å². The second-order valence-corrected chi connectivity index (χ2v) is 6.25. The Morgan fingerprint density at radius 2 is 1.35 bits per heavy atom. The molecule has 2 aromatic rings. The Kier molecular flexibility index (Phi) is 4.81. The first kappa shape index (κ1) is 17.4. The SMILES string of the molecule is CC(=O)c1ccc(NC(=O)C2CC2C(=O)Nc2ccc(C#N)cc2)cc1. The van der Waals surface area contributed by atoms with Crippen LogP contribution in [0.5, 0.6) is 0 Å². The average molecular weight is 347 g/mol. The van der Waals surface area contributed by atoms with E-state index in [-0.39, 0.29) is 29.4 Å². The highest BCUT2D eigenvalue weighted by molar-refractivity contribution is 6.03. The Balaban J connectivity index is 1.53. The minimum Gasteiger partial charge on any atom is -0.326 e. The lowest BCUT2D eigenvalue weighted by Crippen LogP contribution is -2.20. The molecule has 26 heavy (non-hydrogen) atoms. The number of nitrogens with one attached hydrogen (secondary N) is 2. The Bertz CT molecular complexity index is 895. The molecule has 0 aromatic heterocycles. The summed E-state index contributed by atoms with van der Waals surface area (Å²) in [5.41, 5.74) is 2.29. The van der Waals surface area contributed by atoms with Gasteiger partial charge in [-0.1, -0.05) is 0 Å². The maximum atomic E-state index is 12.3. The van der Waals surface area contributed by atoms with Crippen LogP contribution in [0, 0.1) is 23.2 Å². The molecule has 1 saturated carbocycles. The molecule has 6 nitrogen and oxygen atoms in total. The molecule has 130 valence electrons. The fraction of sp³-hybridized carbons (Fsp3) is 0.200. The molecule has 1 aliphatic rings. The van der Waals surface area contributed by atoms with Gasteiger partial charge in [0.05, 0.1) is 23.5 Å². The van der Waals surface area contributed by atoms with Gasteiger partial charge in [0.15, 0.2) is 5.78 Å². The zero-order valence-electron chi connectivity index (χ0n) is 14.2. The first-order valence-electron chi connectivity index (χ1n) is 8.21. The van der Waals surface area contributed by atoms with Gasteiger partial charge in [0.2, 0.25) is 11.8 Å². The van der Waals surface area contributed by atoms with Crippen molar-refractivity contribution in [2.24, 2.45) is 11.8 Å². The lowest BCUT2D eigenvalue weighted by atomic mass is 10.1. The van der Waals surface area contributed by atoms with Crippen molar-refractivity contribution in [3.05, 3.63) is 59.7 Å². The van der Waals surface area contributed by atoms with E-state index in [2.05, 4.69) is 10.6 Å². The van der Waals surface area contributed by atoms with E-state index < -0.39 is 0 Å². The van der Waals surface area contributed by atoms with Gasteiger partial charge in [-0.05, 0) is 61.9 Å². The number of hydrogen-bond acceptors (Lipinski definition) is 4. The van der Waals surface area contributed by atoms with Gasteiger partial charge < -0.3 is 10.6 Å². The number of carbonyl (C=O) groups is 3. The van der Waals surface area contributed by atoms with E-state index in [9.17, 15) is 14.4 Å².